The summed E-state index contributed by atoms with van der Waals surface area (Å²) in [5.41, 5.74) is 1.29. The molecule has 13 heteroatoms. The Labute approximate surface area is 269 Å². The fraction of sp³-hybridized carbons (Fsp3) is 0.382. The fourth-order valence-corrected chi connectivity index (χ4v) is 6.35. The first kappa shape index (κ1) is 32.1. The van der Waals surface area contributed by atoms with Crippen molar-refractivity contribution in [3.8, 4) is 28.6 Å². The van der Waals surface area contributed by atoms with Crippen LogP contribution < -0.4 is 10.2 Å². The van der Waals surface area contributed by atoms with Gasteiger partial charge in [0.25, 0.3) is 5.91 Å². The van der Waals surface area contributed by atoms with Crippen molar-refractivity contribution >= 4 is 17.5 Å². The van der Waals surface area contributed by atoms with Crippen molar-refractivity contribution < 1.29 is 22.4 Å². The molecule has 4 heterocycles. The predicted octanol–water partition coefficient (Wildman–Crippen LogP) is 6.81. The number of hydrogen-bond donors (Lipinski definition) is 1. The van der Waals surface area contributed by atoms with Crippen LogP contribution in [0.25, 0.3) is 22.5 Å². The number of alkyl halides is 3. The first-order valence-electron chi connectivity index (χ1n) is 15.6. The molecule has 2 aliphatic heterocycles. The number of anilines is 2. The van der Waals surface area contributed by atoms with Gasteiger partial charge in [0.1, 0.15) is 23.8 Å². The van der Waals surface area contributed by atoms with Gasteiger partial charge in [0, 0.05) is 49.8 Å². The van der Waals surface area contributed by atoms with Gasteiger partial charge in [-0.05, 0) is 90.9 Å². The number of carbonyl (C=O) groups excluding carboxylic acids is 1. The van der Waals surface area contributed by atoms with E-state index in [0.717, 1.165) is 38.1 Å². The number of aryl methyl sites for hydroxylation is 1. The molecule has 244 valence electrons. The number of nitrogens with zero attached hydrogens (tertiary/aromatic N) is 7. The second-order valence-electron chi connectivity index (χ2n) is 12.3. The number of nitrogens with one attached hydrogen (secondary N) is 1. The van der Waals surface area contributed by atoms with Crippen molar-refractivity contribution in [2.24, 2.45) is 13.0 Å². The fourth-order valence-electron chi connectivity index (χ4n) is 6.35. The standard InChI is InChI=1S/C34H34F4N8O/c1-21-6-5-11-45(17-21)18-22-12-27-28(29(35)13-22)19-46(33(27)47)31-15-23(14-30(42-31)40-10-4-3-9-39)26-16-24(34(36,37)38)7-8-25(26)32-43-41-20-44(32)2/h7-8,12-16,20-21H,3-6,10-11,17-19H2,1-2H3,(H,40,42)/t21-/m0/s1. The molecule has 0 spiro atoms. The Balaban J connectivity index is 1.40. The number of aromatic nitrogens is 4. The highest BCUT2D eigenvalue weighted by atomic mass is 19.4. The lowest BCUT2D eigenvalue weighted by Crippen LogP contribution is -2.33. The van der Waals surface area contributed by atoms with Gasteiger partial charge in [-0.15, -0.1) is 10.2 Å². The SMILES string of the molecule is C[C@H]1CCCN(Cc2cc(F)c3c(c2)C(=O)N(c2cc(-c4cc(C(F)(F)F)ccc4-c4nncn4C)cc(NCCCC#N)n2)C3)C1. The lowest BCUT2D eigenvalue weighted by molar-refractivity contribution is -0.137. The van der Waals surface area contributed by atoms with Gasteiger partial charge in [0.05, 0.1) is 18.2 Å². The molecule has 0 radical (unpaired) electrons. The smallest absolute Gasteiger partial charge is 0.370 e. The number of carbonyl (C=O) groups is 1. The van der Waals surface area contributed by atoms with E-state index in [1.54, 1.807) is 23.7 Å². The third kappa shape index (κ3) is 6.83. The number of halogens is 4. The first-order valence-corrected chi connectivity index (χ1v) is 15.6. The monoisotopic (exact) mass is 646 g/mol. The van der Waals surface area contributed by atoms with Gasteiger partial charge in [-0.25, -0.2) is 9.37 Å². The van der Waals surface area contributed by atoms with Crippen LogP contribution in [0, 0.1) is 23.1 Å². The predicted molar refractivity (Wildman–Crippen MR) is 169 cm³/mol. The van der Waals surface area contributed by atoms with Crippen molar-refractivity contribution in [3.63, 3.8) is 0 Å². The molecule has 0 aliphatic carbocycles. The maximum atomic E-state index is 15.5. The molecular weight excluding hydrogens is 612 g/mol. The van der Waals surface area contributed by atoms with E-state index >= 15 is 4.39 Å². The number of pyridine rings is 1. The van der Waals surface area contributed by atoms with Crippen LogP contribution in [0.2, 0.25) is 0 Å². The number of unbranched alkanes of at least 4 members (excludes halogenated alkanes) is 1. The van der Waals surface area contributed by atoms with Gasteiger partial charge in [-0.1, -0.05) is 6.92 Å². The van der Waals surface area contributed by atoms with Gasteiger partial charge in [-0.2, -0.15) is 18.4 Å². The Kier molecular flexibility index (Phi) is 8.96. The molecule has 0 unspecified atom stereocenters. The Bertz CT molecular complexity index is 1850. The van der Waals surface area contributed by atoms with E-state index in [0.29, 0.717) is 60.2 Å². The molecule has 6 rings (SSSR count). The number of nitriles is 1. The maximum absolute atomic E-state index is 15.5. The van der Waals surface area contributed by atoms with E-state index in [2.05, 4.69) is 38.4 Å². The Morgan fingerprint density at radius 1 is 1.11 bits per heavy atom. The van der Waals surface area contributed by atoms with Crippen molar-refractivity contribution in [2.75, 3.05) is 29.9 Å². The zero-order valence-electron chi connectivity index (χ0n) is 26.1. The molecule has 1 saturated heterocycles. The largest absolute Gasteiger partial charge is 0.416 e. The molecule has 9 nitrogen and oxygen atoms in total. The quantitative estimate of drug-likeness (QED) is 0.157. The number of hydrogen-bond acceptors (Lipinski definition) is 7. The normalized spacial score (nSPS) is 16.7. The highest BCUT2D eigenvalue weighted by Crippen LogP contribution is 2.40. The molecular formula is C34H34F4N8O. The van der Waals surface area contributed by atoms with E-state index in [1.807, 2.05) is 0 Å². The Hall–Kier alpha value is -4.83. The molecule has 0 bridgehead atoms. The number of benzene rings is 2. The minimum absolute atomic E-state index is 0.0793. The number of fused-ring (bicyclic) bond motifs is 1. The van der Waals surface area contributed by atoms with Gasteiger partial charge < -0.3 is 9.88 Å². The first-order chi connectivity index (χ1) is 22.5. The van der Waals surface area contributed by atoms with Crippen molar-refractivity contribution in [1.82, 2.24) is 24.6 Å². The summed E-state index contributed by atoms with van der Waals surface area (Å²) in [7, 11) is 1.69. The second kappa shape index (κ2) is 13.1. The molecule has 2 aromatic heterocycles. The number of rotatable bonds is 9. The van der Waals surface area contributed by atoms with E-state index in [4.69, 9.17) is 5.26 Å². The second-order valence-corrected chi connectivity index (χ2v) is 12.3. The third-order valence-corrected chi connectivity index (χ3v) is 8.66. The molecule has 4 aromatic rings. The van der Waals surface area contributed by atoms with Crippen LogP contribution in [0.3, 0.4) is 0 Å². The molecule has 1 fully saturated rings. The number of likely N-dealkylation sites (tertiary alicyclic amines) is 1. The highest BCUT2D eigenvalue weighted by Gasteiger charge is 2.34. The summed E-state index contributed by atoms with van der Waals surface area (Å²) < 4.78 is 59.0. The number of amides is 1. The van der Waals surface area contributed by atoms with Crippen LogP contribution in [0.5, 0.6) is 0 Å². The third-order valence-electron chi connectivity index (χ3n) is 8.66. The van der Waals surface area contributed by atoms with Crippen LogP contribution >= 0.6 is 0 Å². The topological polar surface area (TPSA) is 103 Å². The van der Waals surface area contributed by atoms with E-state index < -0.39 is 23.5 Å². The molecule has 0 saturated carbocycles. The highest BCUT2D eigenvalue weighted by molar-refractivity contribution is 6.10. The minimum atomic E-state index is -4.62. The molecule has 1 amide bonds. The van der Waals surface area contributed by atoms with Crippen molar-refractivity contribution in [1.29, 1.82) is 5.26 Å². The summed E-state index contributed by atoms with van der Waals surface area (Å²) in [6.07, 6.45) is -0.142. The van der Waals surface area contributed by atoms with Crippen molar-refractivity contribution in [3.05, 3.63) is 76.9 Å². The Morgan fingerprint density at radius 2 is 1.94 bits per heavy atom. The summed E-state index contributed by atoms with van der Waals surface area (Å²) in [6.45, 7) is 4.84. The molecule has 1 atom stereocenters. The van der Waals surface area contributed by atoms with Crippen LogP contribution in [-0.4, -0.2) is 50.2 Å². The summed E-state index contributed by atoms with van der Waals surface area (Å²) in [6, 6.07) is 11.8. The lowest BCUT2D eigenvalue weighted by atomic mass is 9.96. The summed E-state index contributed by atoms with van der Waals surface area (Å²) in [5, 5.41) is 20.1. The average molecular weight is 647 g/mol. The Morgan fingerprint density at radius 3 is 2.66 bits per heavy atom. The van der Waals surface area contributed by atoms with Crippen LogP contribution in [0.4, 0.5) is 29.2 Å². The zero-order chi connectivity index (χ0) is 33.3. The minimum Gasteiger partial charge on any atom is -0.370 e. The van der Waals surface area contributed by atoms with Crippen molar-refractivity contribution in [2.45, 2.75) is 51.9 Å². The van der Waals surface area contributed by atoms with E-state index in [-0.39, 0.29) is 29.1 Å². The molecule has 2 aliphatic rings. The van der Waals surface area contributed by atoms with Crippen LogP contribution in [0.1, 0.15) is 59.7 Å². The van der Waals surface area contributed by atoms with Gasteiger partial charge in [0.2, 0.25) is 0 Å². The average Bonchev–Trinajstić information content (AvgIpc) is 3.61. The maximum Gasteiger partial charge on any atom is 0.416 e. The van der Waals surface area contributed by atoms with Crippen LogP contribution in [-0.2, 0) is 26.3 Å². The van der Waals surface area contributed by atoms with Gasteiger partial charge in [-0.3, -0.25) is 14.6 Å². The summed E-state index contributed by atoms with van der Waals surface area (Å²) in [5.74, 6) is 0.418. The molecule has 1 N–H and O–H groups in total. The van der Waals surface area contributed by atoms with Gasteiger partial charge in [0.15, 0.2) is 5.82 Å². The number of piperidine rings is 1. The summed E-state index contributed by atoms with van der Waals surface area (Å²) >= 11 is 0. The van der Waals surface area contributed by atoms with E-state index in [9.17, 15) is 18.0 Å². The zero-order valence-corrected chi connectivity index (χ0v) is 26.1. The molecule has 2 aromatic carbocycles. The summed E-state index contributed by atoms with van der Waals surface area (Å²) in [4.78, 5) is 22.1. The molecule has 47 heavy (non-hydrogen) atoms. The van der Waals surface area contributed by atoms with E-state index in [1.165, 1.54) is 29.4 Å². The lowest BCUT2D eigenvalue weighted by Gasteiger charge is -2.30. The van der Waals surface area contributed by atoms with Crippen LogP contribution in [0.15, 0.2) is 48.8 Å². The van der Waals surface area contributed by atoms with Gasteiger partial charge >= 0.3 is 6.18 Å².